The lowest BCUT2D eigenvalue weighted by atomic mass is 10.0. The fourth-order valence-corrected chi connectivity index (χ4v) is 3.38. The highest BCUT2D eigenvalue weighted by Gasteiger charge is 2.26. The molecule has 0 unspecified atom stereocenters. The Labute approximate surface area is 215 Å². The third kappa shape index (κ3) is 8.26. The van der Waals surface area contributed by atoms with Crippen molar-refractivity contribution in [2.75, 3.05) is 18.1 Å². The van der Waals surface area contributed by atoms with Gasteiger partial charge in [0.25, 0.3) is 0 Å². The van der Waals surface area contributed by atoms with Crippen molar-refractivity contribution in [1.29, 1.82) is 0 Å². The van der Waals surface area contributed by atoms with Gasteiger partial charge < -0.3 is 26.0 Å². The monoisotopic (exact) mass is 532 g/mol. The van der Waals surface area contributed by atoms with Gasteiger partial charge in [-0.25, -0.2) is 14.0 Å². The van der Waals surface area contributed by atoms with E-state index in [1.54, 1.807) is 18.2 Å². The number of hydrogen-bond acceptors (Lipinski definition) is 6. The van der Waals surface area contributed by atoms with Gasteiger partial charge in [-0.15, -0.1) is 0 Å². The first-order valence-corrected chi connectivity index (χ1v) is 11.3. The SMILES string of the molecule is Nc1ccc(N)c(C/C(=C\c2ccc(OC(=O)c3ccc(OCCCC(F)(F)F)cc3F)cc2)C(=O)O)c1. The number of ether oxygens (including phenoxy) is 2. The van der Waals surface area contributed by atoms with E-state index in [4.69, 9.17) is 20.9 Å². The fourth-order valence-electron chi connectivity index (χ4n) is 3.38. The van der Waals surface area contributed by atoms with Crippen LogP contribution in [0, 0.1) is 5.82 Å². The summed E-state index contributed by atoms with van der Waals surface area (Å²) in [5, 5.41) is 9.59. The van der Waals surface area contributed by atoms with E-state index >= 15 is 0 Å². The van der Waals surface area contributed by atoms with Crippen molar-refractivity contribution in [2.24, 2.45) is 0 Å². The predicted octanol–water partition coefficient (Wildman–Crippen LogP) is 5.64. The second kappa shape index (κ2) is 12.1. The van der Waals surface area contributed by atoms with Crippen LogP contribution in [0.4, 0.5) is 28.9 Å². The molecule has 0 saturated heterocycles. The highest BCUT2D eigenvalue weighted by atomic mass is 19.4. The number of anilines is 2. The molecule has 0 saturated carbocycles. The summed E-state index contributed by atoms with van der Waals surface area (Å²) in [6, 6.07) is 13.9. The van der Waals surface area contributed by atoms with Gasteiger partial charge in [-0.05, 0) is 66.1 Å². The van der Waals surface area contributed by atoms with Crippen molar-refractivity contribution >= 4 is 29.4 Å². The molecule has 3 aromatic carbocycles. The topological polar surface area (TPSA) is 125 Å². The molecule has 7 nitrogen and oxygen atoms in total. The van der Waals surface area contributed by atoms with Crippen molar-refractivity contribution in [3.8, 4) is 11.5 Å². The number of halogens is 4. The number of carbonyl (C=O) groups excluding carboxylic acids is 1. The summed E-state index contributed by atoms with van der Waals surface area (Å²) in [4.78, 5) is 24.1. The zero-order chi connectivity index (χ0) is 27.9. The molecule has 0 amide bonds. The Balaban J connectivity index is 1.64. The minimum atomic E-state index is -4.30. The van der Waals surface area contributed by atoms with E-state index < -0.39 is 35.9 Å². The summed E-state index contributed by atoms with van der Waals surface area (Å²) >= 11 is 0. The standard InChI is InChI=1S/C27H24F4N2O5/c28-23-15-21(37-11-1-10-27(29,30)31)7-8-22(23)26(36)38-20-5-2-16(3-6-20)12-18(25(34)35)13-17-14-19(32)4-9-24(17)33/h2-9,12,14-15H,1,10-11,13,32-33H2,(H,34,35)/b18-12+. The Bertz CT molecular complexity index is 1340. The summed E-state index contributed by atoms with van der Waals surface area (Å²) in [5.41, 5.74) is 13.2. The molecule has 0 aliphatic rings. The molecular weight excluding hydrogens is 508 g/mol. The van der Waals surface area contributed by atoms with Crippen LogP contribution in [-0.2, 0) is 11.2 Å². The van der Waals surface area contributed by atoms with Crippen LogP contribution in [0.2, 0.25) is 0 Å². The Morgan fingerprint density at radius 3 is 2.26 bits per heavy atom. The van der Waals surface area contributed by atoms with Gasteiger partial charge in [-0.1, -0.05) is 12.1 Å². The Kier molecular flexibility index (Phi) is 8.95. The van der Waals surface area contributed by atoms with E-state index in [-0.39, 0.29) is 36.5 Å². The zero-order valence-electron chi connectivity index (χ0n) is 19.9. The van der Waals surface area contributed by atoms with Crippen LogP contribution < -0.4 is 20.9 Å². The van der Waals surface area contributed by atoms with Gasteiger partial charge in [-0.3, -0.25) is 0 Å². The third-order valence-corrected chi connectivity index (χ3v) is 5.29. The second-order valence-electron chi connectivity index (χ2n) is 8.28. The van der Waals surface area contributed by atoms with Crippen molar-refractivity contribution in [2.45, 2.75) is 25.4 Å². The van der Waals surface area contributed by atoms with Crippen LogP contribution in [0.15, 0.2) is 66.2 Å². The van der Waals surface area contributed by atoms with Crippen LogP contribution in [0.5, 0.6) is 11.5 Å². The molecule has 11 heteroatoms. The lowest BCUT2D eigenvalue weighted by Crippen LogP contribution is -2.12. The van der Waals surface area contributed by atoms with Crippen molar-refractivity contribution in [3.63, 3.8) is 0 Å². The molecule has 0 radical (unpaired) electrons. The molecule has 0 heterocycles. The Morgan fingerprint density at radius 2 is 1.63 bits per heavy atom. The van der Waals surface area contributed by atoms with Crippen molar-refractivity contribution in [3.05, 3.63) is 88.7 Å². The number of benzene rings is 3. The molecule has 3 rings (SSSR count). The molecular formula is C27H24F4N2O5. The molecule has 0 atom stereocenters. The first-order chi connectivity index (χ1) is 17.9. The second-order valence-corrected chi connectivity index (χ2v) is 8.28. The maximum absolute atomic E-state index is 14.4. The zero-order valence-corrected chi connectivity index (χ0v) is 19.9. The van der Waals surface area contributed by atoms with Crippen LogP contribution >= 0.6 is 0 Å². The molecule has 0 aromatic heterocycles. The molecule has 0 spiro atoms. The molecule has 0 aliphatic heterocycles. The number of hydrogen-bond donors (Lipinski definition) is 3. The number of carboxylic acid groups (broad SMARTS) is 1. The smallest absolute Gasteiger partial charge is 0.389 e. The molecule has 0 bridgehead atoms. The number of aliphatic carboxylic acids is 1. The molecule has 3 aromatic rings. The van der Waals surface area contributed by atoms with Gasteiger partial charge in [0.05, 0.1) is 12.2 Å². The molecule has 5 N–H and O–H groups in total. The van der Waals surface area contributed by atoms with E-state index in [0.29, 0.717) is 22.5 Å². The molecule has 0 aliphatic carbocycles. The van der Waals surface area contributed by atoms with E-state index in [1.807, 2.05) is 0 Å². The summed E-state index contributed by atoms with van der Waals surface area (Å²) in [7, 11) is 0. The quantitative estimate of drug-likeness (QED) is 0.0771. The average Bonchev–Trinajstić information content (AvgIpc) is 2.84. The number of nitrogen functional groups attached to an aromatic ring is 2. The highest BCUT2D eigenvalue weighted by Crippen LogP contribution is 2.24. The lowest BCUT2D eigenvalue weighted by Gasteiger charge is -2.10. The summed E-state index contributed by atoms with van der Waals surface area (Å²) < 4.78 is 61.2. The Morgan fingerprint density at radius 1 is 0.947 bits per heavy atom. The van der Waals surface area contributed by atoms with Crippen molar-refractivity contribution < 1.29 is 41.7 Å². The maximum atomic E-state index is 14.4. The highest BCUT2D eigenvalue weighted by molar-refractivity contribution is 5.93. The number of rotatable bonds is 10. The van der Waals surface area contributed by atoms with Gasteiger partial charge in [0.15, 0.2) is 0 Å². The largest absolute Gasteiger partial charge is 0.493 e. The van der Waals surface area contributed by atoms with Crippen LogP contribution in [0.1, 0.15) is 34.3 Å². The number of carbonyl (C=O) groups is 2. The van der Waals surface area contributed by atoms with E-state index in [9.17, 15) is 32.3 Å². The average molecular weight is 532 g/mol. The van der Waals surface area contributed by atoms with Gasteiger partial charge in [-0.2, -0.15) is 13.2 Å². The molecule has 0 fully saturated rings. The predicted molar refractivity (Wildman–Crippen MR) is 133 cm³/mol. The summed E-state index contributed by atoms with van der Waals surface area (Å²) in [5.74, 6) is -3.05. The van der Waals surface area contributed by atoms with E-state index in [2.05, 4.69) is 0 Å². The van der Waals surface area contributed by atoms with Gasteiger partial charge in [0.1, 0.15) is 17.3 Å². The van der Waals surface area contributed by atoms with Gasteiger partial charge in [0.2, 0.25) is 0 Å². The first kappa shape index (κ1) is 28.0. The first-order valence-electron chi connectivity index (χ1n) is 11.3. The van der Waals surface area contributed by atoms with Gasteiger partial charge >= 0.3 is 18.1 Å². The Hall–Kier alpha value is -4.54. The maximum Gasteiger partial charge on any atom is 0.389 e. The van der Waals surface area contributed by atoms with Crippen LogP contribution in [0.3, 0.4) is 0 Å². The summed E-state index contributed by atoms with van der Waals surface area (Å²) in [6.07, 6.45) is -4.15. The number of esters is 1. The van der Waals surface area contributed by atoms with E-state index in [1.165, 1.54) is 36.4 Å². The van der Waals surface area contributed by atoms with Crippen molar-refractivity contribution in [1.82, 2.24) is 0 Å². The van der Waals surface area contributed by atoms with Crippen LogP contribution in [-0.4, -0.2) is 29.8 Å². The summed E-state index contributed by atoms with van der Waals surface area (Å²) in [6.45, 7) is -0.264. The number of alkyl halides is 3. The lowest BCUT2D eigenvalue weighted by molar-refractivity contribution is -0.136. The molecule has 38 heavy (non-hydrogen) atoms. The van der Waals surface area contributed by atoms with Crippen LogP contribution in [0.25, 0.3) is 6.08 Å². The normalized spacial score (nSPS) is 11.7. The fraction of sp³-hybridized carbons (Fsp3) is 0.185. The third-order valence-electron chi connectivity index (χ3n) is 5.29. The number of nitrogens with two attached hydrogens (primary N) is 2. The minimum absolute atomic E-state index is 0.0217. The minimum Gasteiger partial charge on any atom is -0.493 e. The number of carboxylic acids is 1. The van der Waals surface area contributed by atoms with Gasteiger partial charge in [0, 0.05) is 35.9 Å². The molecule has 200 valence electrons. The van der Waals surface area contributed by atoms with E-state index in [0.717, 1.165) is 12.1 Å².